The highest BCUT2D eigenvalue weighted by atomic mass is 32.2. The molecule has 2 amide bonds. The van der Waals surface area contributed by atoms with Crippen molar-refractivity contribution in [3.63, 3.8) is 0 Å². The number of para-hydroxylation sites is 1. The van der Waals surface area contributed by atoms with Crippen LogP contribution in [0, 0.1) is 6.92 Å². The fourth-order valence-corrected chi connectivity index (χ4v) is 3.49. The van der Waals surface area contributed by atoms with Crippen LogP contribution in [0.4, 0.5) is 4.79 Å². The highest BCUT2D eigenvalue weighted by Gasteiger charge is 2.36. The molecule has 0 aromatic heterocycles. The van der Waals surface area contributed by atoms with Gasteiger partial charge in [-0.05, 0) is 36.4 Å². The summed E-state index contributed by atoms with van der Waals surface area (Å²) in [6, 6.07) is 15.3. The summed E-state index contributed by atoms with van der Waals surface area (Å²) in [5.74, 6) is -0.567. The fraction of sp³-hybridized carbons (Fsp3) is 0.190. The second kappa shape index (κ2) is 8.75. The van der Waals surface area contributed by atoms with E-state index in [1.165, 1.54) is 7.11 Å². The van der Waals surface area contributed by atoms with Gasteiger partial charge in [0.05, 0.1) is 12.0 Å². The molecule has 0 bridgehead atoms. The number of hydrogen-bond donors (Lipinski definition) is 0. The van der Waals surface area contributed by atoms with Crippen LogP contribution < -0.4 is 4.74 Å². The molecule has 0 aliphatic carbocycles. The minimum absolute atomic E-state index is 0.237. The third kappa shape index (κ3) is 4.61. The Labute approximate surface area is 167 Å². The number of carbonyl (C=O) groups excluding carboxylic acids is 3. The first-order valence-electron chi connectivity index (χ1n) is 8.57. The molecule has 1 aliphatic rings. The Morgan fingerprint density at radius 3 is 2.68 bits per heavy atom. The summed E-state index contributed by atoms with van der Waals surface area (Å²) in [5.41, 5.74) is 2.86. The standard InChI is InChI=1S/C21H19NO5S/c1-14-6-5-7-15(10-14)13-27-17-9-4-3-8-16(17)11-18-20(24)22(21(25)28-18)12-19(23)26-2/h3-11H,12-13H2,1-2H3/b18-11+. The number of carbonyl (C=O) groups is 3. The zero-order valence-electron chi connectivity index (χ0n) is 15.5. The third-order valence-electron chi connectivity index (χ3n) is 4.07. The van der Waals surface area contributed by atoms with Gasteiger partial charge >= 0.3 is 5.97 Å². The molecule has 0 saturated carbocycles. The Hall–Kier alpha value is -3.06. The van der Waals surface area contributed by atoms with E-state index < -0.39 is 23.7 Å². The lowest BCUT2D eigenvalue weighted by atomic mass is 10.1. The average Bonchev–Trinajstić information content (AvgIpc) is 2.94. The van der Waals surface area contributed by atoms with Crippen LogP contribution in [-0.2, 0) is 20.9 Å². The largest absolute Gasteiger partial charge is 0.488 e. The van der Waals surface area contributed by atoms with Crippen molar-refractivity contribution in [3.8, 4) is 5.75 Å². The van der Waals surface area contributed by atoms with E-state index in [1.807, 2.05) is 43.3 Å². The number of rotatable bonds is 6. The number of hydrogen-bond acceptors (Lipinski definition) is 6. The van der Waals surface area contributed by atoms with Gasteiger partial charge in [0, 0.05) is 5.56 Å². The number of methoxy groups -OCH3 is 1. The van der Waals surface area contributed by atoms with Crippen LogP contribution in [0.2, 0.25) is 0 Å². The monoisotopic (exact) mass is 397 g/mol. The normalized spacial score (nSPS) is 15.2. The van der Waals surface area contributed by atoms with E-state index in [1.54, 1.807) is 18.2 Å². The zero-order chi connectivity index (χ0) is 20.1. The number of aryl methyl sites for hydroxylation is 1. The molecule has 0 spiro atoms. The van der Waals surface area contributed by atoms with Crippen LogP contribution in [0.15, 0.2) is 53.4 Å². The molecule has 144 valence electrons. The molecule has 0 radical (unpaired) electrons. The fourth-order valence-electron chi connectivity index (χ4n) is 2.67. The Balaban J connectivity index is 1.78. The molecule has 0 atom stereocenters. The maximum atomic E-state index is 12.5. The summed E-state index contributed by atoms with van der Waals surface area (Å²) in [4.78, 5) is 37.0. The van der Waals surface area contributed by atoms with Gasteiger partial charge in [0.2, 0.25) is 0 Å². The molecule has 2 aromatic carbocycles. The van der Waals surface area contributed by atoms with E-state index in [2.05, 4.69) is 4.74 Å². The lowest BCUT2D eigenvalue weighted by Crippen LogP contribution is -2.34. The number of thioether (sulfide) groups is 1. The predicted octanol–water partition coefficient (Wildman–Crippen LogP) is 3.78. The second-order valence-corrected chi connectivity index (χ2v) is 7.15. The first kappa shape index (κ1) is 19.7. The van der Waals surface area contributed by atoms with Crippen LogP contribution in [-0.4, -0.2) is 35.7 Å². The number of imide groups is 1. The van der Waals surface area contributed by atoms with Crippen LogP contribution in [0.3, 0.4) is 0 Å². The van der Waals surface area contributed by atoms with Crippen molar-refractivity contribution in [2.24, 2.45) is 0 Å². The number of amides is 2. The van der Waals surface area contributed by atoms with Gasteiger partial charge in [-0.3, -0.25) is 19.3 Å². The van der Waals surface area contributed by atoms with Crippen molar-refractivity contribution in [2.75, 3.05) is 13.7 Å². The first-order valence-corrected chi connectivity index (χ1v) is 9.39. The molecule has 1 aliphatic heterocycles. The molecule has 2 aromatic rings. The van der Waals surface area contributed by atoms with E-state index in [0.29, 0.717) is 17.9 Å². The Morgan fingerprint density at radius 1 is 1.14 bits per heavy atom. The Bertz CT molecular complexity index is 953. The molecular formula is C21H19NO5S. The molecule has 28 heavy (non-hydrogen) atoms. The van der Waals surface area contributed by atoms with Gasteiger partial charge in [-0.25, -0.2) is 0 Å². The van der Waals surface area contributed by atoms with Crippen molar-refractivity contribution in [1.29, 1.82) is 0 Å². The average molecular weight is 397 g/mol. The molecule has 0 N–H and O–H groups in total. The summed E-state index contributed by atoms with van der Waals surface area (Å²) >= 11 is 0.789. The maximum absolute atomic E-state index is 12.5. The maximum Gasteiger partial charge on any atom is 0.325 e. The predicted molar refractivity (Wildman–Crippen MR) is 107 cm³/mol. The van der Waals surface area contributed by atoms with E-state index >= 15 is 0 Å². The van der Waals surface area contributed by atoms with E-state index in [0.717, 1.165) is 27.8 Å². The van der Waals surface area contributed by atoms with Gasteiger partial charge in [0.15, 0.2) is 0 Å². The van der Waals surface area contributed by atoms with Gasteiger partial charge in [0.25, 0.3) is 11.1 Å². The molecule has 3 rings (SSSR count). The SMILES string of the molecule is COC(=O)CN1C(=O)S/C(=C/c2ccccc2OCc2cccc(C)c2)C1=O. The molecule has 0 unspecified atom stereocenters. The number of esters is 1. The minimum atomic E-state index is -0.648. The summed E-state index contributed by atoms with van der Waals surface area (Å²) in [7, 11) is 1.21. The van der Waals surface area contributed by atoms with Crippen molar-refractivity contribution in [3.05, 3.63) is 70.1 Å². The first-order chi connectivity index (χ1) is 13.5. The van der Waals surface area contributed by atoms with Crippen LogP contribution in [0.1, 0.15) is 16.7 Å². The second-order valence-electron chi connectivity index (χ2n) is 6.16. The zero-order valence-corrected chi connectivity index (χ0v) is 16.3. The molecule has 6 nitrogen and oxygen atoms in total. The highest BCUT2D eigenvalue weighted by Crippen LogP contribution is 2.34. The van der Waals surface area contributed by atoms with E-state index in [4.69, 9.17) is 4.74 Å². The number of nitrogens with zero attached hydrogens (tertiary/aromatic N) is 1. The lowest BCUT2D eigenvalue weighted by molar-refractivity contribution is -0.143. The van der Waals surface area contributed by atoms with Gasteiger partial charge in [-0.1, -0.05) is 48.0 Å². The smallest absolute Gasteiger partial charge is 0.325 e. The Kier molecular flexibility index (Phi) is 6.16. The molecule has 1 fully saturated rings. The molecule has 1 saturated heterocycles. The van der Waals surface area contributed by atoms with E-state index in [-0.39, 0.29) is 4.91 Å². The summed E-state index contributed by atoms with van der Waals surface area (Å²) in [6.07, 6.45) is 1.60. The van der Waals surface area contributed by atoms with Crippen molar-refractivity contribution in [1.82, 2.24) is 4.90 Å². The van der Waals surface area contributed by atoms with Gasteiger partial charge < -0.3 is 9.47 Å². The minimum Gasteiger partial charge on any atom is -0.488 e. The van der Waals surface area contributed by atoms with Crippen molar-refractivity contribution < 1.29 is 23.9 Å². The highest BCUT2D eigenvalue weighted by molar-refractivity contribution is 8.18. The van der Waals surface area contributed by atoms with Gasteiger partial charge in [0.1, 0.15) is 18.9 Å². The topological polar surface area (TPSA) is 72.9 Å². The molecule has 1 heterocycles. The van der Waals surface area contributed by atoms with Crippen molar-refractivity contribution >= 4 is 35.0 Å². The van der Waals surface area contributed by atoms with E-state index in [9.17, 15) is 14.4 Å². The summed E-state index contributed by atoms with van der Waals surface area (Å²) in [5, 5.41) is -0.500. The molecule has 7 heteroatoms. The van der Waals surface area contributed by atoms with Gasteiger partial charge in [-0.15, -0.1) is 0 Å². The summed E-state index contributed by atoms with van der Waals surface area (Å²) in [6.45, 7) is 2.00. The number of benzene rings is 2. The molecular weight excluding hydrogens is 378 g/mol. The van der Waals surface area contributed by atoms with Gasteiger partial charge in [-0.2, -0.15) is 0 Å². The van der Waals surface area contributed by atoms with Crippen LogP contribution in [0.25, 0.3) is 6.08 Å². The lowest BCUT2D eigenvalue weighted by Gasteiger charge is -2.11. The quantitative estimate of drug-likeness (QED) is 0.546. The number of ether oxygens (including phenoxy) is 2. The van der Waals surface area contributed by atoms with Crippen LogP contribution >= 0.6 is 11.8 Å². The Morgan fingerprint density at radius 2 is 1.93 bits per heavy atom. The third-order valence-corrected chi connectivity index (χ3v) is 4.98. The summed E-state index contributed by atoms with van der Waals surface area (Å²) < 4.78 is 10.5. The van der Waals surface area contributed by atoms with Crippen molar-refractivity contribution in [2.45, 2.75) is 13.5 Å². The van der Waals surface area contributed by atoms with Crippen LogP contribution in [0.5, 0.6) is 5.75 Å².